The van der Waals surface area contributed by atoms with Crippen LogP contribution in [0.5, 0.6) is 0 Å². The first-order valence-electron chi connectivity index (χ1n) is 6.35. The average Bonchev–Trinajstić information content (AvgIpc) is 3.01. The van der Waals surface area contributed by atoms with Crippen LogP contribution in [0, 0.1) is 6.92 Å². The largest absolute Gasteiger partial charge is 0.453 e. The second kappa shape index (κ2) is 5.17. The number of aromatic nitrogens is 3. The van der Waals surface area contributed by atoms with Crippen molar-refractivity contribution in [1.82, 2.24) is 14.8 Å². The maximum absolute atomic E-state index is 12.1. The third kappa shape index (κ3) is 2.59. The number of nitrogen functional groups attached to an aromatic ring is 1. The van der Waals surface area contributed by atoms with Crippen molar-refractivity contribution >= 4 is 33.1 Å². The molecule has 0 unspecified atom stereocenters. The molecule has 0 aliphatic rings. The maximum Gasteiger partial charge on any atom is 0.348 e. The smallest absolute Gasteiger partial charge is 0.348 e. The molecule has 2 heterocycles. The van der Waals surface area contributed by atoms with Crippen molar-refractivity contribution in [3.63, 3.8) is 0 Å². The van der Waals surface area contributed by atoms with Gasteiger partial charge in [-0.25, -0.2) is 4.79 Å². The predicted molar refractivity (Wildman–Crippen MR) is 81.1 cm³/mol. The number of hydrogen-bond donors (Lipinski definition) is 1. The molecule has 0 saturated heterocycles. The van der Waals surface area contributed by atoms with E-state index in [1.165, 1.54) is 11.3 Å². The van der Waals surface area contributed by atoms with Crippen molar-refractivity contribution in [2.45, 2.75) is 13.5 Å². The molecule has 0 spiro atoms. The van der Waals surface area contributed by atoms with Gasteiger partial charge in [0.2, 0.25) is 0 Å². The van der Waals surface area contributed by atoms with E-state index in [-0.39, 0.29) is 12.6 Å². The molecule has 1 aromatic carbocycles. The molecule has 7 heteroatoms. The third-order valence-electron chi connectivity index (χ3n) is 3.26. The molecule has 2 N–H and O–H groups in total. The van der Waals surface area contributed by atoms with Gasteiger partial charge in [0.05, 0.1) is 0 Å². The fourth-order valence-electron chi connectivity index (χ4n) is 1.94. The van der Waals surface area contributed by atoms with Gasteiger partial charge in [-0.2, -0.15) is 0 Å². The molecule has 21 heavy (non-hydrogen) atoms. The van der Waals surface area contributed by atoms with E-state index in [9.17, 15) is 4.79 Å². The van der Waals surface area contributed by atoms with Crippen LogP contribution < -0.4 is 5.73 Å². The fraction of sp³-hybridized carbons (Fsp3) is 0.214. The van der Waals surface area contributed by atoms with Crippen LogP contribution in [0.2, 0.25) is 0 Å². The second-order valence-electron chi connectivity index (χ2n) is 4.71. The summed E-state index contributed by atoms with van der Waals surface area (Å²) in [6, 6.07) is 7.35. The molecular weight excluding hydrogens is 288 g/mol. The summed E-state index contributed by atoms with van der Waals surface area (Å²) < 4.78 is 8.08. The average molecular weight is 302 g/mol. The highest BCUT2D eigenvalue weighted by Crippen LogP contribution is 2.27. The number of nitrogens with zero attached hydrogens (tertiary/aromatic N) is 3. The van der Waals surface area contributed by atoms with Gasteiger partial charge in [0, 0.05) is 17.4 Å². The van der Waals surface area contributed by atoms with E-state index < -0.39 is 0 Å². The molecule has 0 atom stereocenters. The monoisotopic (exact) mass is 302 g/mol. The lowest BCUT2D eigenvalue weighted by Gasteiger charge is -2.02. The van der Waals surface area contributed by atoms with Crippen LogP contribution in [-0.4, -0.2) is 20.7 Å². The first kappa shape index (κ1) is 13.6. The van der Waals surface area contributed by atoms with Crippen molar-refractivity contribution in [3.05, 3.63) is 40.8 Å². The molecule has 0 radical (unpaired) electrons. The summed E-state index contributed by atoms with van der Waals surface area (Å²) in [6.07, 6.45) is 0. The first-order valence-corrected chi connectivity index (χ1v) is 7.17. The number of hydrogen-bond acceptors (Lipinski definition) is 6. The van der Waals surface area contributed by atoms with E-state index in [0.29, 0.717) is 16.4 Å². The van der Waals surface area contributed by atoms with E-state index in [1.807, 2.05) is 32.2 Å². The molecule has 0 bridgehead atoms. The highest BCUT2D eigenvalue weighted by Gasteiger charge is 2.14. The lowest BCUT2D eigenvalue weighted by atomic mass is 10.2. The maximum atomic E-state index is 12.1. The minimum absolute atomic E-state index is 0.104. The van der Waals surface area contributed by atoms with E-state index in [2.05, 4.69) is 10.2 Å². The number of carbonyl (C=O) groups excluding carboxylic acids is 1. The molecule has 3 aromatic rings. The van der Waals surface area contributed by atoms with Crippen LogP contribution in [0.4, 0.5) is 5.69 Å². The molecule has 0 amide bonds. The van der Waals surface area contributed by atoms with Gasteiger partial charge in [-0.05, 0) is 36.6 Å². The lowest BCUT2D eigenvalue weighted by Crippen LogP contribution is -2.07. The number of fused-ring (bicyclic) bond motifs is 1. The van der Waals surface area contributed by atoms with Gasteiger partial charge < -0.3 is 15.0 Å². The SMILES string of the molecule is Cc1nnc(COC(=O)c2cc3cc(N)ccc3s2)n1C. The van der Waals surface area contributed by atoms with E-state index >= 15 is 0 Å². The number of rotatable bonds is 3. The standard InChI is InChI=1S/C14H14N4O2S/c1-8-16-17-13(18(8)2)7-20-14(19)12-6-9-5-10(15)3-4-11(9)21-12/h3-6H,7,15H2,1-2H3. The van der Waals surface area contributed by atoms with Crippen molar-refractivity contribution in [2.24, 2.45) is 7.05 Å². The molecular formula is C14H14N4O2S. The number of anilines is 1. The van der Waals surface area contributed by atoms with Gasteiger partial charge in [-0.3, -0.25) is 0 Å². The van der Waals surface area contributed by atoms with Crippen molar-refractivity contribution in [2.75, 3.05) is 5.73 Å². The molecule has 0 saturated carbocycles. The van der Waals surface area contributed by atoms with Crippen molar-refractivity contribution in [1.29, 1.82) is 0 Å². The first-order chi connectivity index (χ1) is 10.0. The minimum Gasteiger partial charge on any atom is -0.453 e. The van der Waals surface area contributed by atoms with Crippen LogP contribution in [-0.2, 0) is 18.4 Å². The van der Waals surface area contributed by atoms with Crippen LogP contribution in [0.1, 0.15) is 21.3 Å². The highest BCUT2D eigenvalue weighted by atomic mass is 32.1. The van der Waals surface area contributed by atoms with Crippen molar-refractivity contribution in [3.8, 4) is 0 Å². The van der Waals surface area contributed by atoms with Gasteiger partial charge in [0.15, 0.2) is 12.4 Å². The molecule has 6 nitrogen and oxygen atoms in total. The third-order valence-corrected chi connectivity index (χ3v) is 4.35. The topological polar surface area (TPSA) is 83.0 Å². The van der Waals surface area contributed by atoms with E-state index in [0.717, 1.165) is 15.9 Å². The molecule has 0 fully saturated rings. The Labute approximate surface area is 125 Å². The number of carbonyl (C=O) groups is 1. The zero-order chi connectivity index (χ0) is 15.0. The Morgan fingerprint density at radius 3 is 2.90 bits per heavy atom. The number of aryl methyl sites for hydroxylation is 1. The normalized spacial score (nSPS) is 11.0. The van der Waals surface area contributed by atoms with Crippen LogP contribution in [0.25, 0.3) is 10.1 Å². The Morgan fingerprint density at radius 1 is 1.38 bits per heavy atom. The fourth-order valence-corrected chi connectivity index (χ4v) is 2.88. The summed E-state index contributed by atoms with van der Waals surface area (Å²) in [7, 11) is 1.83. The van der Waals surface area contributed by atoms with Gasteiger partial charge >= 0.3 is 5.97 Å². The zero-order valence-corrected chi connectivity index (χ0v) is 12.5. The Bertz CT molecular complexity index is 822. The van der Waals surface area contributed by atoms with Crippen molar-refractivity contribution < 1.29 is 9.53 Å². The quantitative estimate of drug-likeness (QED) is 0.593. The summed E-state index contributed by atoms with van der Waals surface area (Å²) >= 11 is 1.39. The number of nitrogens with two attached hydrogens (primary N) is 1. The molecule has 0 aliphatic carbocycles. The number of ether oxygens (including phenoxy) is 1. The number of thiophene rings is 1. The second-order valence-corrected chi connectivity index (χ2v) is 5.79. The lowest BCUT2D eigenvalue weighted by molar-refractivity contribution is 0.0464. The molecule has 0 aliphatic heterocycles. The van der Waals surface area contributed by atoms with E-state index in [4.69, 9.17) is 10.5 Å². The van der Waals surface area contributed by atoms with Crippen LogP contribution in [0.3, 0.4) is 0 Å². The summed E-state index contributed by atoms with van der Waals surface area (Å²) in [6.45, 7) is 1.95. The summed E-state index contributed by atoms with van der Waals surface area (Å²) in [5, 5.41) is 8.83. The molecule has 3 rings (SSSR count). The van der Waals surface area contributed by atoms with Gasteiger partial charge in [-0.1, -0.05) is 0 Å². The van der Waals surface area contributed by atoms with Gasteiger partial charge in [0.1, 0.15) is 10.7 Å². The summed E-state index contributed by atoms with van der Waals surface area (Å²) in [5.74, 6) is 1.03. The summed E-state index contributed by atoms with van der Waals surface area (Å²) in [4.78, 5) is 12.6. The number of esters is 1. The Kier molecular flexibility index (Phi) is 3.34. The number of benzene rings is 1. The Hall–Kier alpha value is -2.41. The van der Waals surface area contributed by atoms with E-state index in [1.54, 1.807) is 10.6 Å². The zero-order valence-electron chi connectivity index (χ0n) is 11.7. The molecule has 108 valence electrons. The Morgan fingerprint density at radius 2 is 2.19 bits per heavy atom. The van der Waals surface area contributed by atoms with Crippen LogP contribution in [0.15, 0.2) is 24.3 Å². The van der Waals surface area contributed by atoms with Gasteiger partial charge in [0.25, 0.3) is 0 Å². The predicted octanol–water partition coefficient (Wildman–Crippen LogP) is 2.28. The summed E-state index contributed by atoms with van der Waals surface area (Å²) in [5.41, 5.74) is 6.41. The Balaban J connectivity index is 1.76. The molecule has 2 aromatic heterocycles. The minimum atomic E-state index is -0.365. The highest BCUT2D eigenvalue weighted by molar-refractivity contribution is 7.20. The van der Waals surface area contributed by atoms with Gasteiger partial charge in [-0.15, -0.1) is 21.5 Å². The van der Waals surface area contributed by atoms with Crippen LogP contribution >= 0.6 is 11.3 Å².